The summed E-state index contributed by atoms with van der Waals surface area (Å²) >= 11 is 0. The van der Waals surface area contributed by atoms with Crippen LogP contribution in [0.25, 0.3) is 0 Å². The highest BCUT2D eigenvalue weighted by Crippen LogP contribution is 2.41. The molecule has 19 heavy (non-hydrogen) atoms. The molecule has 0 fully saturated rings. The van der Waals surface area contributed by atoms with Crippen LogP contribution in [0.5, 0.6) is 5.75 Å². The first-order valence-electron chi connectivity index (χ1n) is 6.69. The first-order valence-corrected chi connectivity index (χ1v) is 6.69. The van der Waals surface area contributed by atoms with E-state index in [4.69, 9.17) is 4.74 Å². The molecule has 3 rings (SSSR count). The second-order valence-electron chi connectivity index (χ2n) is 5.07. The Morgan fingerprint density at radius 3 is 2.63 bits per heavy atom. The van der Waals surface area contributed by atoms with Gasteiger partial charge in [-0.25, -0.2) is 0 Å². The molecular formula is C17H18O2. The molecule has 1 N–H and O–H groups in total. The molecule has 2 heteroatoms. The van der Waals surface area contributed by atoms with Crippen LogP contribution in [0.15, 0.2) is 48.5 Å². The summed E-state index contributed by atoms with van der Waals surface area (Å²) in [6.45, 7) is 0. The van der Waals surface area contributed by atoms with Crippen molar-refractivity contribution >= 4 is 0 Å². The molecule has 0 saturated heterocycles. The third kappa shape index (κ3) is 2.24. The van der Waals surface area contributed by atoms with Crippen LogP contribution in [0.4, 0.5) is 0 Å². The largest absolute Gasteiger partial charge is 0.497 e. The van der Waals surface area contributed by atoms with Crippen LogP contribution in [-0.4, -0.2) is 12.2 Å². The average molecular weight is 254 g/mol. The number of hydrogen-bond donors (Lipinski definition) is 1. The third-order valence-corrected chi connectivity index (χ3v) is 4.00. The highest BCUT2D eigenvalue weighted by atomic mass is 16.5. The molecule has 2 atom stereocenters. The Morgan fingerprint density at radius 2 is 1.89 bits per heavy atom. The van der Waals surface area contributed by atoms with Gasteiger partial charge in [-0.05, 0) is 41.7 Å². The number of fused-ring (bicyclic) bond motifs is 1. The van der Waals surface area contributed by atoms with Gasteiger partial charge in [0.25, 0.3) is 0 Å². The van der Waals surface area contributed by atoms with Crippen molar-refractivity contribution < 1.29 is 9.84 Å². The molecule has 98 valence electrons. The molecule has 2 nitrogen and oxygen atoms in total. The molecule has 0 aromatic heterocycles. The predicted octanol–water partition coefficient (Wildman–Crippen LogP) is 3.46. The minimum atomic E-state index is -0.419. The van der Waals surface area contributed by atoms with Gasteiger partial charge in [0, 0.05) is 5.92 Å². The van der Waals surface area contributed by atoms with Crippen molar-refractivity contribution in [1.29, 1.82) is 0 Å². The molecule has 0 amide bonds. The minimum absolute atomic E-state index is 0.196. The lowest BCUT2D eigenvalue weighted by atomic mass is 9.78. The number of aryl methyl sites for hydroxylation is 1. The molecule has 1 unspecified atom stereocenters. The standard InChI is InChI=1S/C17H18O2/c1-19-14-8-10-16-13(11-14)7-9-15(17(16)18)12-5-3-2-4-6-12/h2-6,8,10-11,15,17-18H,7,9H2,1H3/t15-,17?/m0/s1. The molecule has 2 aromatic carbocycles. The van der Waals surface area contributed by atoms with E-state index in [1.165, 1.54) is 11.1 Å². The van der Waals surface area contributed by atoms with E-state index in [-0.39, 0.29) is 5.92 Å². The molecule has 1 aliphatic carbocycles. The molecule has 0 saturated carbocycles. The van der Waals surface area contributed by atoms with E-state index in [2.05, 4.69) is 12.1 Å². The van der Waals surface area contributed by atoms with Gasteiger partial charge >= 0.3 is 0 Å². The van der Waals surface area contributed by atoms with E-state index in [0.29, 0.717) is 0 Å². The van der Waals surface area contributed by atoms with Crippen molar-refractivity contribution in [2.45, 2.75) is 24.9 Å². The van der Waals surface area contributed by atoms with Crippen molar-refractivity contribution in [2.75, 3.05) is 7.11 Å². The Kier molecular flexibility index (Phi) is 3.26. The van der Waals surface area contributed by atoms with Crippen LogP contribution in [0.3, 0.4) is 0 Å². The number of benzene rings is 2. The lowest BCUT2D eigenvalue weighted by Crippen LogP contribution is -2.19. The van der Waals surface area contributed by atoms with E-state index in [1.807, 2.05) is 36.4 Å². The quantitative estimate of drug-likeness (QED) is 0.889. The number of aliphatic hydroxyl groups excluding tert-OH is 1. The summed E-state index contributed by atoms with van der Waals surface area (Å²) in [5.41, 5.74) is 3.47. The summed E-state index contributed by atoms with van der Waals surface area (Å²) in [6.07, 6.45) is 1.55. The smallest absolute Gasteiger partial charge is 0.119 e. The average Bonchev–Trinajstić information content (AvgIpc) is 2.48. The minimum Gasteiger partial charge on any atom is -0.497 e. The first-order chi connectivity index (χ1) is 9.29. The predicted molar refractivity (Wildman–Crippen MR) is 75.5 cm³/mol. The highest BCUT2D eigenvalue weighted by molar-refractivity contribution is 5.41. The van der Waals surface area contributed by atoms with Crippen molar-refractivity contribution in [3.05, 3.63) is 65.2 Å². The summed E-state index contributed by atoms with van der Waals surface area (Å²) in [5.74, 6) is 1.06. The Bertz CT molecular complexity index is 563. The van der Waals surface area contributed by atoms with Crippen LogP contribution in [-0.2, 0) is 6.42 Å². The normalized spacial score (nSPS) is 21.8. The maximum Gasteiger partial charge on any atom is 0.119 e. The highest BCUT2D eigenvalue weighted by Gasteiger charge is 2.29. The van der Waals surface area contributed by atoms with Crippen LogP contribution in [0.2, 0.25) is 0 Å². The molecule has 0 aliphatic heterocycles. The lowest BCUT2D eigenvalue weighted by molar-refractivity contribution is 0.131. The zero-order valence-electron chi connectivity index (χ0n) is 11.0. The third-order valence-electron chi connectivity index (χ3n) is 4.00. The molecule has 0 heterocycles. The van der Waals surface area contributed by atoms with Gasteiger partial charge in [-0.15, -0.1) is 0 Å². The summed E-state index contributed by atoms with van der Waals surface area (Å²) < 4.78 is 5.25. The van der Waals surface area contributed by atoms with E-state index >= 15 is 0 Å². The Hall–Kier alpha value is -1.80. The Morgan fingerprint density at radius 1 is 1.11 bits per heavy atom. The zero-order chi connectivity index (χ0) is 13.2. The fourth-order valence-corrected chi connectivity index (χ4v) is 2.95. The number of rotatable bonds is 2. The van der Waals surface area contributed by atoms with Gasteiger partial charge in [0.2, 0.25) is 0 Å². The second kappa shape index (κ2) is 5.06. The fourth-order valence-electron chi connectivity index (χ4n) is 2.95. The molecule has 2 aromatic rings. The molecule has 0 radical (unpaired) electrons. The number of aliphatic hydroxyl groups is 1. The van der Waals surface area contributed by atoms with E-state index in [0.717, 1.165) is 24.2 Å². The Labute approximate surface area is 113 Å². The van der Waals surface area contributed by atoms with Crippen LogP contribution in [0.1, 0.15) is 35.1 Å². The molecular weight excluding hydrogens is 236 g/mol. The molecule has 0 spiro atoms. The first kappa shape index (κ1) is 12.2. The van der Waals surface area contributed by atoms with E-state index in [9.17, 15) is 5.11 Å². The maximum absolute atomic E-state index is 10.6. The van der Waals surface area contributed by atoms with Crippen LogP contribution in [0, 0.1) is 0 Å². The monoisotopic (exact) mass is 254 g/mol. The van der Waals surface area contributed by atoms with Crippen LogP contribution >= 0.6 is 0 Å². The van der Waals surface area contributed by atoms with E-state index in [1.54, 1.807) is 7.11 Å². The van der Waals surface area contributed by atoms with Crippen LogP contribution < -0.4 is 4.74 Å². The number of ether oxygens (including phenoxy) is 1. The van der Waals surface area contributed by atoms with Gasteiger partial charge in [0.05, 0.1) is 13.2 Å². The van der Waals surface area contributed by atoms with Crippen molar-refractivity contribution in [3.63, 3.8) is 0 Å². The lowest BCUT2D eigenvalue weighted by Gasteiger charge is -2.30. The van der Waals surface area contributed by atoms with Gasteiger partial charge in [0.15, 0.2) is 0 Å². The van der Waals surface area contributed by atoms with Crippen molar-refractivity contribution in [1.82, 2.24) is 0 Å². The SMILES string of the molecule is COc1ccc2c(c1)CC[C@@H](c1ccccc1)C2O. The maximum atomic E-state index is 10.6. The number of hydrogen-bond acceptors (Lipinski definition) is 2. The molecule has 0 bridgehead atoms. The fraction of sp³-hybridized carbons (Fsp3) is 0.294. The van der Waals surface area contributed by atoms with Crippen molar-refractivity contribution in [3.8, 4) is 5.75 Å². The van der Waals surface area contributed by atoms with E-state index < -0.39 is 6.10 Å². The summed E-state index contributed by atoms with van der Waals surface area (Å²) in [7, 11) is 1.67. The second-order valence-corrected chi connectivity index (χ2v) is 5.07. The van der Waals surface area contributed by atoms with Gasteiger partial charge in [0.1, 0.15) is 5.75 Å². The topological polar surface area (TPSA) is 29.5 Å². The zero-order valence-corrected chi connectivity index (χ0v) is 11.0. The van der Waals surface area contributed by atoms with Gasteiger partial charge < -0.3 is 9.84 Å². The molecule has 1 aliphatic rings. The number of methoxy groups -OCH3 is 1. The summed E-state index contributed by atoms with van der Waals surface area (Å²) in [4.78, 5) is 0. The van der Waals surface area contributed by atoms with Gasteiger partial charge in [-0.2, -0.15) is 0 Å². The summed E-state index contributed by atoms with van der Waals surface area (Å²) in [6, 6.07) is 16.2. The van der Waals surface area contributed by atoms with Crippen molar-refractivity contribution in [2.24, 2.45) is 0 Å². The van der Waals surface area contributed by atoms with Gasteiger partial charge in [-0.1, -0.05) is 36.4 Å². The Balaban J connectivity index is 1.94. The van der Waals surface area contributed by atoms with Gasteiger partial charge in [-0.3, -0.25) is 0 Å². The summed E-state index contributed by atoms with van der Waals surface area (Å²) in [5, 5.41) is 10.6.